The van der Waals surface area contributed by atoms with Crippen LogP contribution in [0.1, 0.15) is 12.8 Å². The third-order valence-corrected chi connectivity index (χ3v) is 2.20. The van der Waals surface area contributed by atoms with Gasteiger partial charge in [0.2, 0.25) is 0 Å². The fourth-order valence-corrected chi connectivity index (χ4v) is 1.59. The van der Waals surface area contributed by atoms with Crippen molar-refractivity contribution in [3.8, 4) is 0 Å². The van der Waals surface area contributed by atoms with Gasteiger partial charge in [-0.2, -0.15) is 0 Å². The van der Waals surface area contributed by atoms with Gasteiger partial charge in [-0.05, 0) is 26.9 Å². The van der Waals surface area contributed by atoms with Gasteiger partial charge >= 0.3 is 0 Å². The Labute approximate surface area is 61.8 Å². The summed E-state index contributed by atoms with van der Waals surface area (Å²) >= 11 is 0. The normalized spacial score (nSPS) is 41.1. The highest BCUT2D eigenvalue weighted by molar-refractivity contribution is 4.89. The SMILES string of the molecule is CN(C)[C@H]1C[C@@H](N)C[C@H]1O. The second kappa shape index (κ2) is 2.86. The van der Waals surface area contributed by atoms with E-state index in [2.05, 4.69) is 0 Å². The summed E-state index contributed by atoms with van der Waals surface area (Å²) in [5, 5.41) is 9.41. The van der Waals surface area contributed by atoms with Gasteiger partial charge in [0.05, 0.1) is 6.10 Å². The van der Waals surface area contributed by atoms with Crippen LogP contribution in [-0.4, -0.2) is 42.3 Å². The highest BCUT2D eigenvalue weighted by Gasteiger charge is 2.31. The van der Waals surface area contributed by atoms with Crippen molar-refractivity contribution in [2.24, 2.45) is 5.73 Å². The van der Waals surface area contributed by atoms with E-state index < -0.39 is 0 Å². The minimum atomic E-state index is -0.218. The molecule has 0 heterocycles. The lowest BCUT2D eigenvalue weighted by atomic mass is 10.2. The molecule has 1 aliphatic rings. The highest BCUT2D eigenvalue weighted by atomic mass is 16.3. The van der Waals surface area contributed by atoms with Crippen LogP contribution in [-0.2, 0) is 0 Å². The van der Waals surface area contributed by atoms with E-state index >= 15 is 0 Å². The predicted octanol–water partition coefficient (Wildman–Crippen LogP) is -0.601. The van der Waals surface area contributed by atoms with Gasteiger partial charge in [0, 0.05) is 12.1 Å². The van der Waals surface area contributed by atoms with Gasteiger partial charge < -0.3 is 15.7 Å². The van der Waals surface area contributed by atoms with Crippen LogP contribution in [0.3, 0.4) is 0 Å². The van der Waals surface area contributed by atoms with E-state index in [4.69, 9.17) is 5.73 Å². The van der Waals surface area contributed by atoms with Crippen LogP contribution >= 0.6 is 0 Å². The van der Waals surface area contributed by atoms with Gasteiger partial charge in [-0.25, -0.2) is 0 Å². The quantitative estimate of drug-likeness (QED) is 0.516. The second-order valence-corrected chi connectivity index (χ2v) is 3.33. The molecular formula is C7H16N2O. The largest absolute Gasteiger partial charge is 0.391 e. The van der Waals surface area contributed by atoms with E-state index in [0.717, 1.165) is 12.8 Å². The minimum Gasteiger partial charge on any atom is -0.391 e. The molecule has 0 spiro atoms. The molecule has 0 aliphatic heterocycles. The molecule has 60 valence electrons. The first-order chi connectivity index (χ1) is 4.61. The van der Waals surface area contributed by atoms with E-state index in [0.29, 0.717) is 0 Å². The van der Waals surface area contributed by atoms with Gasteiger partial charge in [0.25, 0.3) is 0 Å². The van der Waals surface area contributed by atoms with E-state index in [9.17, 15) is 5.11 Å². The maximum Gasteiger partial charge on any atom is 0.0710 e. The Bertz CT molecular complexity index is 116. The van der Waals surface area contributed by atoms with E-state index in [-0.39, 0.29) is 18.2 Å². The zero-order valence-corrected chi connectivity index (χ0v) is 6.62. The lowest BCUT2D eigenvalue weighted by Crippen LogP contribution is -2.34. The van der Waals surface area contributed by atoms with Crippen LogP contribution in [0.5, 0.6) is 0 Å². The monoisotopic (exact) mass is 144 g/mol. The summed E-state index contributed by atoms with van der Waals surface area (Å²) in [6.45, 7) is 0. The van der Waals surface area contributed by atoms with Gasteiger partial charge in [-0.3, -0.25) is 0 Å². The van der Waals surface area contributed by atoms with Crippen molar-refractivity contribution in [2.45, 2.75) is 31.0 Å². The number of nitrogens with zero attached hydrogens (tertiary/aromatic N) is 1. The average Bonchev–Trinajstić information content (AvgIpc) is 2.10. The molecule has 0 radical (unpaired) electrons. The molecule has 0 aromatic heterocycles. The zero-order valence-electron chi connectivity index (χ0n) is 6.62. The molecule has 0 saturated heterocycles. The average molecular weight is 144 g/mol. The minimum absolute atomic E-state index is 0.197. The molecule has 0 amide bonds. The Balaban J connectivity index is 2.46. The van der Waals surface area contributed by atoms with E-state index in [1.54, 1.807) is 0 Å². The van der Waals surface area contributed by atoms with Crippen LogP contribution in [0.25, 0.3) is 0 Å². The third kappa shape index (κ3) is 1.48. The molecule has 0 aromatic rings. The van der Waals surface area contributed by atoms with E-state index in [1.165, 1.54) is 0 Å². The second-order valence-electron chi connectivity index (χ2n) is 3.33. The van der Waals surface area contributed by atoms with E-state index in [1.807, 2.05) is 19.0 Å². The van der Waals surface area contributed by atoms with Crippen molar-refractivity contribution in [1.29, 1.82) is 0 Å². The Kier molecular flexibility index (Phi) is 2.28. The number of nitrogens with two attached hydrogens (primary N) is 1. The molecule has 1 rings (SSSR count). The number of aliphatic hydroxyl groups excluding tert-OH is 1. The maximum absolute atomic E-state index is 9.41. The molecule has 3 heteroatoms. The Morgan fingerprint density at radius 3 is 2.20 bits per heavy atom. The molecule has 1 saturated carbocycles. The number of rotatable bonds is 1. The topological polar surface area (TPSA) is 49.5 Å². The Morgan fingerprint density at radius 2 is 2.00 bits per heavy atom. The fourth-order valence-electron chi connectivity index (χ4n) is 1.59. The number of hydrogen-bond acceptors (Lipinski definition) is 3. The van der Waals surface area contributed by atoms with Crippen molar-refractivity contribution in [1.82, 2.24) is 4.90 Å². The number of aliphatic hydroxyl groups is 1. The van der Waals surface area contributed by atoms with Gasteiger partial charge in [-0.15, -0.1) is 0 Å². The van der Waals surface area contributed by atoms with Crippen LogP contribution < -0.4 is 5.73 Å². The molecule has 3 nitrogen and oxygen atoms in total. The summed E-state index contributed by atoms with van der Waals surface area (Å²) in [6.07, 6.45) is 1.46. The van der Waals surface area contributed by atoms with Crippen LogP contribution in [0.4, 0.5) is 0 Å². The number of likely N-dealkylation sites (N-methyl/N-ethyl adjacent to an activating group) is 1. The summed E-state index contributed by atoms with van der Waals surface area (Å²) in [7, 11) is 3.96. The lowest BCUT2D eigenvalue weighted by molar-refractivity contribution is 0.100. The smallest absolute Gasteiger partial charge is 0.0710 e. The zero-order chi connectivity index (χ0) is 7.72. The van der Waals surface area contributed by atoms with Crippen molar-refractivity contribution in [3.63, 3.8) is 0 Å². The summed E-state index contributed by atoms with van der Waals surface area (Å²) in [5.41, 5.74) is 5.67. The van der Waals surface area contributed by atoms with Crippen molar-refractivity contribution >= 4 is 0 Å². The third-order valence-electron chi connectivity index (χ3n) is 2.20. The summed E-state index contributed by atoms with van der Waals surface area (Å²) in [5.74, 6) is 0. The summed E-state index contributed by atoms with van der Waals surface area (Å²) in [6, 6.07) is 0.470. The fraction of sp³-hybridized carbons (Fsp3) is 1.00. The summed E-state index contributed by atoms with van der Waals surface area (Å²) in [4.78, 5) is 2.04. The molecule has 3 N–H and O–H groups in total. The molecule has 0 aromatic carbocycles. The Morgan fingerprint density at radius 1 is 1.40 bits per heavy atom. The molecule has 0 bridgehead atoms. The summed E-state index contributed by atoms with van der Waals surface area (Å²) < 4.78 is 0. The first-order valence-electron chi connectivity index (χ1n) is 3.71. The molecule has 1 aliphatic carbocycles. The standard InChI is InChI=1S/C7H16N2O/c1-9(2)6-3-5(8)4-7(6)10/h5-7,10H,3-4,8H2,1-2H3/t5-,6+,7-/m1/s1. The first kappa shape index (κ1) is 7.98. The van der Waals surface area contributed by atoms with Crippen LogP contribution in [0.2, 0.25) is 0 Å². The van der Waals surface area contributed by atoms with Crippen molar-refractivity contribution < 1.29 is 5.11 Å². The molecule has 10 heavy (non-hydrogen) atoms. The molecule has 0 unspecified atom stereocenters. The van der Waals surface area contributed by atoms with Gasteiger partial charge in [0.1, 0.15) is 0 Å². The maximum atomic E-state index is 9.41. The Hall–Kier alpha value is -0.120. The van der Waals surface area contributed by atoms with Gasteiger partial charge in [-0.1, -0.05) is 0 Å². The highest BCUT2D eigenvalue weighted by Crippen LogP contribution is 2.21. The molecular weight excluding hydrogens is 128 g/mol. The van der Waals surface area contributed by atoms with Crippen LogP contribution in [0, 0.1) is 0 Å². The van der Waals surface area contributed by atoms with Crippen molar-refractivity contribution in [2.75, 3.05) is 14.1 Å². The molecule has 1 fully saturated rings. The lowest BCUT2D eigenvalue weighted by Gasteiger charge is -2.21. The van der Waals surface area contributed by atoms with Gasteiger partial charge in [0.15, 0.2) is 0 Å². The molecule has 3 atom stereocenters. The van der Waals surface area contributed by atoms with Crippen LogP contribution in [0.15, 0.2) is 0 Å². The van der Waals surface area contributed by atoms with Crippen molar-refractivity contribution in [3.05, 3.63) is 0 Å². The first-order valence-corrected chi connectivity index (χ1v) is 3.71. The predicted molar refractivity (Wildman–Crippen MR) is 40.7 cm³/mol. The number of hydrogen-bond donors (Lipinski definition) is 2.